The van der Waals surface area contributed by atoms with Crippen LogP contribution in [0.5, 0.6) is 5.75 Å². The molecule has 0 bridgehead atoms. The van der Waals surface area contributed by atoms with Gasteiger partial charge in [-0.2, -0.15) is 0 Å². The Balaban J connectivity index is 1.75. The van der Waals surface area contributed by atoms with Crippen LogP contribution in [0.2, 0.25) is 0 Å². The molecule has 0 atom stereocenters. The lowest BCUT2D eigenvalue weighted by molar-refractivity contribution is 0.101. The normalized spacial score (nSPS) is 10.3. The van der Waals surface area contributed by atoms with E-state index in [0.717, 1.165) is 22.4 Å². The van der Waals surface area contributed by atoms with Gasteiger partial charge >= 0.3 is 0 Å². The second kappa shape index (κ2) is 6.88. The van der Waals surface area contributed by atoms with Crippen molar-refractivity contribution in [3.05, 3.63) is 84.2 Å². The molecule has 0 saturated heterocycles. The summed E-state index contributed by atoms with van der Waals surface area (Å²) in [6.45, 7) is 2.05. The first-order valence-electron chi connectivity index (χ1n) is 7.46. The van der Waals surface area contributed by atoms with Crippen LogP contribution in [0.4, 0.5) is 0 Å². The summed E-state index contributed by atoms with van der Waals surface area (Å²) in [7, 11) is 0. The van der Waals surface area contributed by atoms with Crippen molar-refractivity contribution in [2.75, 3.05) is 0 Å². The molecule has 0 saturated carbocycles. The number of carbonyl (C=O) groups excluding carboxylic acids is 1. The van der Waals surface area contributed by atoms with Crippen molar-refractivity contribution in [3.8, 4) is 16.9 Å². The number of nitrogens with zero attached hydrogens (tertiary/aromatic N) is 1. The number of carbonyl (C=O) groups is 1. The molecule has 1 heterocycles. The molecular weight excluding hydrogens is 286 g/mol. The number of pyridine rings is 1. The number of hydrogen-bond acceptors (Lipinski definition) is 3. The number of Topliss-reactive ketones (excluding diaryl/α,β-unsaturated/α-hetero) is 1. The second-order valence-electron chi connectivity index (χ2n) is 5.29. The van der Waals surface area contributed by atoms with Crippen LogP contribution >= 0.6 is 0 Å². The van der Waals surface area contributed by atoms with Gasteiger partial charge in [-0.25, -0.2) is 0 Å². The van der Waals surface area contributed by atoms with Gasteiger partial charge in [-0.1, -0.05) is 48.5 Å². The summed E-state index contributed by atoms with van der Waals surface area (Å²) in [6, 6.07) is 21.6. The molecule has 0 aliphatic carbocycles. The van der Waals surface area contributed by atoms with Gasteiger partial charge in [0.25, 0.3) is 0 Å². The lowest BCUT2D eigenvalue weighted by Crippen LogP contribution is -1.96. The summed E-state index contributed by atoms with van der Waals surface area (Å²) >= 11 is 0. The molecule has 3 nitrogen and oxygen atoms in total. The van der Waals surface area contributed by atoms with E-state index in [1.165, 1.54) is 6.92 Å². The van der Waals surface area contributed by atoms with E-state index in [0.29, 0.717) is 12.3 Å². The summed E-state index contributed by atoms with van der Waals surface area (Å²) < 4.78 is 5.84. The highest BCUT2D eigenvalue weighted by molar-refractivity contribution is 5.92. The molecule has 3 rings (SSSR count). The summed E-state index contributed by atoms with van der Waals surface area (Å²) in [4.78, 5) is 15.5. The van der Waals surface area contributed by atoms with Crippen LogP contribution in [0.15, 0.2) is 72.9 Å². The highest BCUT2D eigenvalue weighted by atomic mass is 16.5. The number of benzene rings is 2. The monoisotopic (exact) mass is 303 g/mol. The maximum atomic E-state index is 11.3. The molecule has 0 radical (unpaired) electrons. The average Bonchev–Trinajstić information content (AvgIpc) is 2.61. The first kappa shape index (κ1) is 15.0. The zero-order valence-corrected chi connectivity index (χ0v) is 12.9. The minimum absolute atomic E-state index is 0.0310. The van der Waals surface area contributed by atoms with Crippen molar-refractivity contribution in [1.82, 2.24) is 4.98 Å². The standard InChI is InChI=1S/C20H17NO2/c1-15(22)20-11-10-18(13-21-20)17-8-5-9-19(12-17)23-14-16-6-3-2-4-7-16/h2-13H,14H2,1H3. The van der Waals surface area contributed by atoms with Crippen LogP contribution in [0.25, 0.3) is 11.1 Å². The topological polar surface area (TPSA) is 39.2 Å². The van der Waals surface area contributed by atoms with Gasteiger partial charge in [-0.05, 0) is 29.3 Å². The minimum Gasteiger partial charge on any atom is -0.489 e. The third-order valence-electron chi connectivity index (χ3n) is 3.54. The molecule has 0 aliphatic heterocycles. The Morgan fingerprint density at radius 3 is 2.48 bits per heavy atom. The molecule has 0 amide bonds. The van der Waals surface area contributed by atoms with E-state index in [1.54, 1.807) is 12.3 Å². The van der Waals surface area contributed by atoms with Gasteiger partial charge in [0.05, 0.1) is 0 Å². The summed E-state index contributed by atoms with van der Waals surface area (Å²) in [6.07, 6.45) is 1.72. The first-order valence-corrected chi connectivity index (χ1v) is 7.46. The fourth-order valence-corrected chi connectivity index (χ4v) is 2.28. The van der Waals surface area contributed by atoms with Crippen LogP contribution in [0, 0.1) is 0 Å². The third kappa shape index (κ3) is 3.83. The van der Waals surface area contributed by atoms with Crippen LogP contribution in [0.1, 0.15) is 23.0 Å². The molecule has 23 heavy (non-hydrogen) atoms. The molecule has 0 unspecified atom stereocenters. The molecule has 1 aromatic heterocycles. The van der Waals surface area contributed by atoms with Crippen molar-refractivity contribution >= 4 is 5.78 Å². The molecule has 2 aromatic carbocycles. The Morgan fingerprint density at radius 1 is 0.957 bits per heavy atom. The fraction of sp³-hybridized carbons (Fsp3) is 0.100. The number of hydrogen-bond donors (Lipinski definition) is 0. The average molecular weight is 303 g/mol. The highest BCUT2D eigenvalue weighted by Gasteiger charge is 2.04. The maximum Gasteiger partial charge on any atom is 0.178 e. The van der Waals surface area contributed by atoms with Crippen LogP contribution in [-0.4, -0.2) is 10.8 Å². The van der Waals surface area contributed by atoms with E-state index in [-0.39, 0.29) is 5.78 Å². The molecule has 3 heteroatoms. The minimum atomic E-state index is -0.0310. The SMILES string of the molecule is CC(=O)c1ccc(-c2cccc(OCc3ccccc3)c2)cn1. The Morgan fingerprint density at radius 2 is 1.78 bits per heavy atom. The molecule has 0 N–H and O–H groups in total. The Bertz CT molecular complexity index is 795. The van der Waals surface area contributed by atoms with E-state index in [2.05, 4.69) is 4.98 Å². The van der Waals surface area contributed by atoms with Gasteiger partial charge in [-0.3, -0.25) is 9.78 Å². The smallest absolute Gasteiger partial charge is 0.178 e. The molecule has 0 aliphatic rings. The first-order chi connectivity index (χ1) is 11.2. The van der Waals surface area contributed by atoms with Crippen LogP contribution in [-0.2, 0) is 6.61 Å². The fourth-order valence-electron chi connectivity index (χ4n) is 2.28. The quantitative estimate of drug-likeness (QED) is 0.650. The van der Waals surface area contributed by atoms with Crippen molar-refractivity contribution in [1.29, 1.82) is 0 Å². The number of ether oxygens (including phenoxy) is 1. The van der Waals surface area contributed by atoms with Crippen molar-refractivity contribution in [2.24, 2.45) is 0 Å². The zero-order chi connectivity index (χ0) is 16.1. The molecule has 0 fully saturated rings. The zero-order valence-electron chi connectivity index (χ0n) is 12.9. The van der Waals surface area contributed by atoms with Gasteiger partial charge in [0.15, 0.2) is 5.78 Å². The highest BCUT2D eigenvalue weighted by Crippen LogP contribution is 2.24. The molecule has 0 spiro atoms. The van der Waals surface area contributed by atoms with Crippen LogP contribution in [0.3, 0.4) is 0 Å². The predicted molar refractivity (Wildman–Crippen MR) is 90.5 cm³/mol. The lowest BCUT2D eigenvalue weighted by Gasteiger charge is -2.08. The predicted octanol–water partition coefficient (Wildman–Crippen LogP) is 4.53. The Kier molecular flexibility index (Phi) is 4.48. The largest absolute Gasteiger partial charge is 0.489 e. The molecule has 3 aromatic rings. The van der Waals surface area contributed by atoms with Gasteiger partial charge in [0, 0.05) is 18.7 Å². The number of aromatic nitrogens is 1. The van der Waals surface area contributed by atoms with E-state index < -0.39 is 0 Å². The van der Waals surface area contributed by atoms with Gasteiger partial charge in [0.1, 0.15) is 18.1 Å². The number of rotatable bonds is 5. The van der Waals surface area contributed by atoms with Crippen molar-refractivity contribution < 1.29 is 9.53 Å². The van der Waals surface area contributed by atoms with Crippen molar-refractivity contribution in [3.63, 3.8) is 0 Å². The Hall–Kier alpha value is -2.94. The molecular formula is C20H17NO2. The maximum absolute atomic E-state index is 11.3. The van der Waals surface area contributed by atoms with E-state index >= 15 is 0 Å². The van der Waals surface area contributed by atoms with Crippen LogP contribution < -0.4 is 4.74 Å². The Labute approximate surface area is 135 Å². The number of ketones is 1. The van der Waals surface area contributed by atoms with Crippen molar-refractivity contribution in [2.45, 2.75) is 13.5 Å². The lowest BCUT2D eigenvalue weighted by atomic mass is 10.1. The van der Waals surface area contributed by atoms with E-state index in [4.69, 9.17) is 4.74 Å². The van der Waals surface area contributed by atoms with Gasteiger partial charge in [0.2, 0.25) is 0 Å². The summed E-state index contributed by atoms with van der Waals surface area (Å²) in [5, 5.41) is 0. The van der Waals surface area contributed by atoms with E-state index in [9.17, 15) is 4.79 Å². The van der Waals surface area contributed by atoms with Gasteiger partial charge < -0.3 is 4.74 Å². The van der Waals surface area contributed by atoms with Gasteiger partial charge in [-0.15, -0.1) is 0 Å². The molecule has 114 valence electrons. The van der Waals surface area contributed by atoms with E-state index in [1.807, 2.05) is 60.7 Å². The third-order valence-corrected chi connectivity index (χ3v) is 3.54. The summed E-state index contributed by atoms with van der Waals surface area (Å²) in [5.41, 5.74) is 3.58. The second-order valence-corrected chi connectivity index (χ2v) is 5.29. The summed E-state index contributed by atoms with van der Waals surface area (Å²) in [5.74, 6) is 0.776.